The first kappa shape index (κ1) is 11.8. The van der Waals surface area contributed by atoms with Crippen LogP contribution in [0.15, 0.2) is 18.2 Å². The van der Waals surface area contributed by atoms with Gasteiger partial charge in [0.2, 0.25) is 0 Å². The monoisotopic (exact) mass is 229 g/mol. The Morgan fingerprint density at radius 1 is 1.67 bits per heavy atom. The Morgan fingerprint density at radius 3 is 2.87 bits per heavy atom. The summed E-state index contributed by atoms with van der Waals surface area (Å²) in [7, 11) is 1.28. The fourth-order valence-electron chi connectivity index (χ4n) is 1.17. The van der Waals surface area contributed by atoms with E-state index in [1.54, 1.807) is 12.1 Å². The maximum Gasteiger partial charge on any atom is 0.322 e. The summed E-state index contributed by atoms with van der Waals surface area (Å²) in [6, 6.07) is 3.97. The lowest BCUT2D eigenvalue weighted by Crippen LogP contribution is -2.33. The summed E-state index contributed by atoms with van der Waals surface area (Å²) in [5.41, 5.74) is 6.34. The van der Waals surface area contributed by atoms with Gasteiger partial charge in [0.05, 0.1) is 12.1 Å². The first-order valence-electron chi connectivity index (χ1n) is 4.35. The first-order chi connectivity index (χ1) is 7.04. The number of rotatable bonds is 3. The van der Waals surface area contributed by atoms with E-state index in [-0.39, 0.29) is 10.8 Å². The van der Waals surface area contributed by atoms with E-state index >= 15 is 0 Å². The Bertz CT molecular complexity index is 368. The Balaban J connectivity index is 2.73. The van der Waals surface area contributed by atoms with Crippen molar-refractivity contribution in [1.29, 1.82) is 0 Å². The molecule has 0 heterocycles. The minimum atomic E-state index is -0.712. The maximum atomic E-state index is 11.0. The molecule has 1 aromatic carbocycles. The number of carbonyl (C=O) groups excluding carboxylic acids is 1. The Hall–Kier alpha value is -1.26. The molecule has 0 unspecified atom stereocenters. The lowest BCUT2D eigenvalue weighted by atomic mass is 10.1. The maximum absolute atomic E-state index is 11.0. The highest BCUT2D eigenvalue weighted by atomic mass is 35.5. The van der Waals surface area contributed by atoms with Crippen LogP contribution in [0.5, 0.6) is 5.75 Å². The van der Waals surface area contributed by atoms with E-state index in [1.165, 1.54) is 13.2 Å². The van der Waals surface area contributed by atoms with E-state index in [4.69, 9.17) is 17.3 Å². The van der Waals surface area contributed by atoms with Crippen molar-refractivity contribution in [3.05, 3.63) is 28.8 Å². The predicted molar refractivity (Wildman–Crippen MR) is 56.8 cm³/mol. The number of aromatic hydroxyl groups is 1. The van der Waals surface area contributed by atoms with Gasteiger partial charge >= 0.3 is 5.97 Å². The summed E-state index contributed by atoms with van der Waals surface area (Å²) in [5.74, 6) is -0.466. The number of hydrogen-bond donors (Lipinski definition) is 2. The van der Waals surface area contributed by atoms with Crippen LogP contribution in [0.4, 0.5) is 0 Å². The molecule has 0 saturated carbocycles. The van der Waals surface area contributed by atoms with E-state index in [0.29, 0.717) is 6.42 Å². The zero-order valence-electron chi connectivity index (χ0n) is 8.24. The lowest BCUT2D eigenvalue weighted by molar-refractivity contribution is -0.142. The van der Waals surface area contributed by atoms with Crippen LogP contribution >= 0.6 is 11.6 Å². The molecule has 0 radical (unpaired) electrons. The number of ether oxygens (including phenoxy) is 1. The highest BCUT2D eigenvalue weighted by Crippen LogP contribution is 2.24. The molecule has 5 heteroatoms. The number of halogens is 1. The number of esters is 1. The molecule has 0 bridgehead atoms. The second kappa shape index (κ2) is 5.00. The average molecular weight is 230 g/mol. The zero-order valence-corrected chi connectivity index (χ0v) is 8.99. The summed E-state index contributed by atoms with van der Waals surface area (Å²) in [6.07, 6.45) is 0.326. The molecule has 1 aromatic rings. The van der Waals surface area contributed by atoms with Gasteiger partial charge in [-0.2, -0.15) is 0 Å². The number of carbonyl (C=O) groups is 1. The summed E-state index contributed by atoms with van der Waals surface area (Å²) < 4.78 is 4.49. The summed E-state index contributed by atoms with van der Waals surface area (Å²) in [4.78, 5) is 11.0. The normalized spacial score (nSPS) is 12.2. The third kappa shape index (κ3) is 3.11. The zero-order chi connectivity index (χ0) is 11.4. The summed E-state index contributed by atoms with van der Waals surface area (Å²) in [6.45, 7) is 0. The van der Waals surface area contributed by atoms with Gasteiger partial charge in [-0.15, -0.1) is 0 Å². The van der Waals surface area contributed by atoms with Gasteiger partial charge in [0.1, 0.15) is 11.8 Å². The van der Waals surface area contributed by atoms with E-state index < -0.39 is 12.0 Å². The molecule has 3 N–H and O–H groups in total. The van der Waals surface area contributed by atoms with E-state index in [0.717, 1.165) is 5.56 Å². The Kier molecular flexibility index (Phi) is 3.94. The van der Waals surface area contributed by atoms with Crippen molar-refractivity contribution in [1.82, 2.24) is 0 Å². The molecular weight excluding hydrogens is 218 g/mol. The minimum Gasteiger partial charge on any atom is -0.506 e. The van der Waals surface area contributed by atoms with Crippen LogP contribution in [-0.4, -0.2) is 24.2 Å². The number of hydrogen-bond acceptors (Lipinski definition) is 4. The molecule has 0 aliphatic carbocycles. The number of methoxy groups -OCH3 is 1. The topological polar surface area (TPSA) is 72.5 Å². The number of nitrogens with two attached hydrogens (primary N) is 1. The van der Waals surface area contributed by atoms with Gasteiger partial charge in [-0.1, -0.05) is 17.7 Å². The average Bonchev–Trinajstić information content (AvgIpc) is 2.22. The molecule has 0 spiro atoms. The van der Waals surface area contributed by atoms with Crippen molar-refractivity contribution in [2.45, 2.75) is 12.5 Å². The van der Waals surface area contributed by atoms with Crippen molar-refractivity contribution in [3.63, 3.8) is 0 Å². The van der Waals surface area contributed by atoms with Gasteiger partial charge in [-0.25, -0.2) is 0 Å². The van der Waals surface area contributed by atoms with E-state index in [1.807, 2.05) is 0 Å². The second-order valence-electron chi connectivity index (χ2n) is 3.12. The van der Waals surface area contributed by atoms with Crippen LogP contribution in [-0.2, 0) is 16.0 Å². The van der Waals surface area contributed by atoms with Crippen LogP contribution in [0, 0.1) is 0 Å². The second-order valence-corrected chi connectivity index (χ2v) is 3.53. The largest absolute Gasteiger partial charge is 0.506 e. The molecule has 0 amide bonds. The number of phenols is 1. The van der Waals surface area contributed by atoms with Crippen LogP contribution in [0.2, 0.25) is 5.02 Å². The molecule has 15 heavy (non-hydrogen) atoms. The molecule has 0 aliphatic heterocycles. The molecule has 0 saturated heterocycles. The molecular formula is C10H12ClNO3. The van der Waals surface area contributed by atoms with Crippen molar-refractivity contribution in [2.75, 3.05) is 7.11 Å². The fraction of sp³-hybridized carbons (Fsp3) is 0.300. The standard InChI is InChI=1S/C10H12ClNO3/c1-15-10(14)8(12)5-6-2-3-9(13)7(11)4-6/h2-4,8,13H,5,12H2,1H3/t8-/m1/s1. The summed E-state index contributed by atoms with van der Waals surface area (Å²) in [5, 5.41) is 9.42. The van der Waals surface area contributed by atoms with Crippen LogP contribution in [0.3, 0.4) is 0 Å². The molecule has 0 fully saturated rings. The lowest BCUT2D eigenvalue weighted by Gasteiger charge is -2.09. The SMILES string of the molecule is COC(=O)[C@H](N)Cc1ccc(O)c(Cl)c1. The van der Waals surface area contributed by atoms with Gasteiger partial charge in [0, 0.05) is 0 Å². The molecule has 1 rings (SSSR count). The smallest absolute Gasteiger partial charge is 0.322 e. The predicted octanol–water partition coefficient (Wildman–Crippen LogP) is 1.09. The molecule has 1 atom stereocenters. The summed E-state index contributed by atoms with van der Waals surface area (Å²) >= 11 is 5.70. The Morgan fingerprint density at radius 2 is 2.33 bits per heavy atom. The Labute approximate surface area is 92.6 Å². The minimum absolute atomic E-state index is 0.00653. The van der Waals surface area contributed by atoms with Gasteiger partial charge in [-0.3, -0.25) is 4.79 Å². The molecule has 0 aliphatic rings. The number of phenolic OH excluding ortho intramolecular Hbond substituents is 1. The third-order valence-electron chi connectivity index (χ3n) is 1.97. The van der Waals surface area contributed by atoms with Crippen LogP contribution in [0.25, 0.3) is 0 Å². The van der Waals surface area contributed by atoms with Gasteiger partial charge in [-0.05, 0) is 24.1 Å². The first-order valence-corrected chi connectivity index (χ1v) is 4.73. The van der Waals surface area contributed by atoms with E-state index in [2.05, 4.69) is 4.74 Å². The van der Waals surface area contributed by atoms with Gasteiger partial charge in [0.15, 0.2) is 0 Å². The van der Waals surface area contributed by atoms with Gasteiger partial charge in [0.25, 0.3) is 0 Å². The van der Waals surface area contributed by atoms with Crippen LogP contribution < -0.4 is 5.73 Å². The van der Waals surface area contributed by atoms with Crippen molar-refractivity contribution >= 4 is 17.6 Å². The van der Waals surface area contributed by atoms with Crippen molar-refractivity contribution in [2.24, 2.45) is 5.73 Å². The van der Waals surface area contributed by atoms with Crippen molar-refractivity contribution < 1.29 is 14.6 Å². The highest BCUT2D eigenvalue weighted by Gasteiger charge is 2.14. The highest BCUT2D eigenvalue weighted by molar-refractivity contribution is 6.32. The molecule has 4 nitrogen and oxygen atoms in total. The number of benzene rings is 1. The van der Waals surface area contributed by atoms with Crippen LogP contribution in [0.1, 0.15) is 5.56 Å². The molecule has 82 valence electrons. The third-order valence-corrected chi connectivity index (χ3v) is 2.27. The van der Waals surface area contributed by atoms with Crippen molar-refractivity contribution in [3.8, 4) is 5.75 Å². The van der Waals surface area contributed by atoms with Gasteiger partial charge < -0.3 is 15.6 Å². The quantitative estimate of drug-likeness (QED) is 0.761. The fourth-order valence-corrected chi connectivity index (χ4v) is 1.37. The van der Waals surface area contributed by atoms with E-state index in [9.17, 15) is 9.90 Å². The molecule has 0 aromatic heterocycles.